The minimum absolute atomic E-state index is 0.0338. The normalized spacial score (nSPS) is 22.3. The maximum Gasteiger partial charge on any atom is 0.0958 e. The molecule has 3 heteroatoms. The molecule has 1 fully saturated rings. The number of aliphatic hydroxyl groups excluding tert-OH is 1. The highest BCUT2D eigenvalue weighted by molar-refractivity contribution is 4.76. The molecular weight excluding hydrogens is 202 g/mol. The largest absolute Gasteiger partial charge is 0.394 e. The van der Waals surface area contributed by atoms with Crippen molar-refractivity contribution in [1.82, 2.24) is 0 Å². The molecule has 0 aliphatic heterocycles. The average molecular weight is 229 g/mol. The molecule has 1 aliphatic rings. The first-order valence-corrected chi connectivity index (χ1v) is 6.63. The number of hydrogen-bond acceptors (Lipinski definition) is 3. The monoisotopic (exact) mass is 229 g/mol. The SMILES string of the molecule is CC(C)C(N)C(CO)OCC1CCCCC1. The Hall–Kier alpha value is -0.120. The lowest BCUT2D eigenvalue weighted by Crippen LogP contribution is -2.43. The summed E-state index contributed by atoms with van der Waals surface area (Å²) >= 11 is 0. The maximum atomic E-state index is 9.27. The molecule has 1 rings (SSSR count). The Bertz CT molecular complexity index is 179. The van der Waals surface area contributed by atoms with Crippen LogP contribution in [0.15, 0.2) is 0 Å². The second-order valence-electron chi connectivity index (χ2n) is 5.38. The summed E-state index contributed by atoms with van der Waals surface area (Å²) in [6.45, 7) is 4.94. The molecule has 3 N–H and O–H groups in total. The molecule has 0 aromatic carbocycles. The highest BCUT2D eigenvalue weighted by atomic mass is 16.5. The van der Waals surface area contributed by atoms with Gasteiger partial charge in [-0.2, -0.15) is 0 Å². The summed E-state index contributed by atoms with van der Waals surface area (Å²) in [6.07, 6.45) is 6.37. The Balaban J connectivity index is 2.27. The van der Waals surface area contributed by atoms with Gasteiger partial charge in [0, 0.05) is 12.6 Å². The number of hydrogen-bond donors (Lipinski definition) is 2. The molecule has 0 aromatic rings. The topological polar surface area (TPSA) is 55.5 Å². The van der Waals surface area contributed by atoms with Crippen molar-refractivity contribution < 1.29 is 9.84 Å². The Morgan fingerprint density at radius 1 is 1.25 bits per heavy atom. The van der Waals surface area contributed by atoms with Crippen LogP contribution in [0.5, 0.6) is 0 Å². The quantitative estimate of drug-likeness (QED) is 0.731. The fraction of sp³-hybridized carbons (Fsp3) is 1.00. The second kappa shape index (κ2) is 7.25. The van der Waals surface area contributed by atoms with Gasteiger partial charge in [-0.25, -0.2) is 0 Å². The molecule has 96 valence electrons. The van der Waals surface area contributed by atoms with Crippen LogP contribution in [-0.2, 0) is 4.74 Å². The van der Waals surface area contributed by atoms with Crippen molar-refractivity contribution in [2.45, 2.75) is 58.1 Å². The molecule has 0 bridgehead atoms. The minimum Gasteiger partial charge on any atom is -0.394 e. The predicted molar refractivity (Wildman–Crippen MR) is 66.2 cm³/mol. The van der Waals surface area contributed by atoms with Crippen molar-refractivity contribution in [3.8, 4) is 0 Å². The van der Waals surface area contributed by atoms with Crippen molar-refractivity contribution in [1.29, 1.82) is 0 Å². The van der Waals surface area contributed by atoms with Gasteiger partial charge in [-0.3, -0.25) is 0 Å². The van der Waals surface area contributed by atoms with Crippen LogP contribution in [0.3, 0.4) is 0 Å². The summed E-state index contributed by atoms with van der Waals surface area (Å²) in [6, 6.07) is -0.0615. The number of aliphatic hydroxyl groups is 1. The standard InChI is InChI=1S/C13H27NO2/c1-10(2)13(14)12(8-15)16-9-11-6-4-3-5-7-11/h10-13,15H,3-9,14H2,1-2H3. The minimum atomic E-state index is -0.193. The van der Waals surface area contributed by atoms with Gasteiger partial charge in [0.2, 0.25) is 0 Å². The zero-order valence-corrected chi connectivity index (χ0v) is 10.7. The van der Waals surface area contributed by atoms with Gasteiger partial charge in [-0.05, 0) is 24.7 Å². The van der Waals surface area contributed by atoms with Crippen LogP contribution >= 0.6 is 0 Å². The van der Waals surface area contributed by atoms with E-state index < -0.39 is 0 Å². The first-order valence-electron chi connectivity index (χ1n) is 6.63. The zero-order chi connectivity index (χ0) is 12.0. The van der Waals surface area contributed by atoms with Gasteiger partial charge in [0.05, 0.1) is 12.7 Å². The van der Waals surface area contributed by atoms with E-state index in [1.807, 2.05) is 0 Å². The third-order valence-electron chi connectivity index (χ3n) is 3.65. The fourth-order valence-electron chi connectivity index (χ4n) is 2.33. The van der Waals surface area contributed by atoms with Gasteiger partial charge in [-0.1, -0.05) is 33.1 Å². The molecule has 0 saturated heterocycles. The highest BCUT2D eigenvalue weighted by Crippen LogP contribution is 2.24. The number of rotatable bonds is 6. The van der Waals surface area contributed by atoms with E-state index >= 15 is 0 Å². The number of ether oxygens (including phenoxy) is 1. The Kier molecular flexibility index (Phi) is 6.32. The third-order valence-corrected chi connectivity index (χ3v) is 3.65. The van der Waals surface area contributed by atoms with Crippen molar-refractivity contribution in [2.24, 2.45) is 17.6 Å². The van der Waals surface area contributed by atoms with Crippen molar-refractivity contribution in [2.75, 3.05) is 13.2 Å². The van der Waals surface area contributed by atoms with E-state index in [-0.39, 0.29) is 18.8 Å². The van der Waals surface area contributed by atoms with Crippen molar-refractivity contribution in [3.63, 3.8) is 0 Å². The van der Waals surface area contributed by atoms with E-state index in [1.165, 1.54) is 32.1 Å². The van der Waals surface area contributed by atoms with Crippen LogP contribution in [0, 0.1) is 11.8 Å². The van der Waals surface area contributed by atoms with Gasteiger partial charge in [0.25, 0.3) is 0 Å². The summed E-state index contributed by atoms with van der Waals surface area (Å²) < 4.78 is 5.78. The third kappa shape index (κ3) is 4.40. The highest BCUT2D eigenvalue weighted by Gasteiger charge is 2.22. The molecule has 2 unspecified atom stereocenters. The van der Waals surface area contributed by atoms with Crippen LogP contribution in [0.25, 0.3) is 0 Å². The molecule has 0 radical (unpaired) electrons. The molecule has 0 amide bonds. The smallest absolute Gasteiger partial charge is 0.0958 e. The maximum absolute atomic E-state index is 9.27. The van der Waals surface area contributed by atoms with E-state index in [9.17, 15) is 5.11 Å². The lowest BCUT2D eigenvalue weighted by atomic mass is 9.90. The molecule has 0 heterocycles. The van der Waals surface area contributed by atoms with Crippen molar-refractivity contribution in [3.05, 3.63) is 0 Å². The molecule has 3 nitrogen and oxygen atoms in total. The summed E-state index contributed by atoms with van der Waals surface area (Å²) in [5.41, 5.74) is 6.00. The van der Waals surface area contributed by atoms with Crippen LogP contribution in [0.1, 0.15) is 46.0 Å². The van der Waals surface area contributed by atoms with Crippen LogP contribution in [0.4, 0.5) is 0 Å². The summed E-state index contributed by atoms with van der Waals surface area (Å²) in [7, 11) is 0. The van der Waals surface area contributed by atoms with Gasteiger partial charge in [0.1, 0.15) is 0 Å². The summed E-state index contributed by atoms with van der Waals surface area (Å²) in [4.78, 5) is 0. The molecule has 0 aromatic heterocycles. The van der Waals surface area contributed by atoms with Gasteiger partial charge < -0.3 is 15.6 Å². The van der Waals surface area contributed by atoms with E-state index in [1.54, 1.807) is 0 Å². The second-order valence-corrected chi connectivity index (χ2v) is 5.38. The van der Waals surface area contributed by atoms with Gasteiger partial charge in [0.15, 0.2) is 0 Å². The van der Waals surface area contributed by atoms with Crippen LogP contribution in [-0.4, -0.2) is 30.5 Å². The lowest BCUT2D eigenvalue weighted by Gasteiger charge is -2.28. The van der Waals surface area contributed by atoms with Gasteiger partial charge >= 0.3 is 0 Å². The zero-order valence-electron chi connectivity index (χ0n) is 10.7. The summed E-state index contributed by atoms with van der Waals surface area (Å²) in [5.74, 6) is 1.03. The van der Waals surface area contributed by atoms with Gasteiger partial charge in [-0.15, -0.1) is 0 Å². The van der Waals surface area contributed by atoms with Crippen molar-refractivity contribution >= 4 is 0 Å². The summed E-state index contributed by atoms with van der Waals surface area (Å²) in [5, 5.41) is 9.27. The Labute approximate surface area is 99.4 Å². The molecule has 2 atom stereocenters. The van der Waals surface area contributed by atoms with E-state index in [0.717, 1.165) is 6.61 Å². The van der Waals surface area contributed by atoms with Crippen LogP contribution < -0.4 is 5.73 Å². The molecule has 1 saturated carbocycles. The molecule has 1 aliphatic carbocycles. The lowest BCUT2D eigenvalue weighted by molar-refractivity contribution is -0.0307. The predicted octanol–water partition coefficient (Wildman–Crippen LogP) is 1.93. The van der Waals surface area contributed by atoms with E-state index in [4.69, 9.17) is 10.5 Å². The number of nitrogens with two attached hydrogens (primary N) is 1. The first kappa shape index (κ1) is 13.9. The first-order chi connectivity index (χ1) is 7.65. The van der Waals surface area contributed by atoms with E-state index in [0.29, 0.717) is 11.8 Å². The van der Waals surface area contributed by atoms with E-state index in [2.05, 4.69) is 13.8 Å². The van der Waals surface area contributed by atoms with Crippen LogP contribution in [0.2, 0.25) is 0 Å². The Morgan fingerprint density at radius 3 is 2.38 bits per heavy atom. The average Bonchev–Trinajstić information content (AvgIpc) is 2.30. The fourth-order valence-corrected chi connectivity index (χ4v) is 2.33. The Morgan fingerprint density at radius 2 is 1.88 bits per heavy atom. The molecule has 16 heavy (non-hydrogen) atoms. The molecule has 0 spiro atoms. The molecular formula is C13H27NO2.